The third kappa shape index (κ3) is 5.85. The normalized spacial score (nSPS) is 10.9. The molecule has 0 radical (unpaired) electrons. The predicted octanol–water partition coefficient (Wildman–Crippen LogP) is 4.34. The van der Waals surface area contributed by atoms with Gasteiger partial charge in [-0.05, 0) is 69.1 Å². The zero-order chi connectivity index (χ0) is 17.4. The zero-order valence-corrected chi connectivity index (χ0v) is 14.6. The lowest BCUT2D eigenvalue weighted by Gasteiger charge is -2.15. The summed E-state index contributed by atoms with van der Waals surface area (Å²) in [6, 6.07) is 12.7. The first-order valence-electron chi connectivity index (χ1n) is 8.46. The monoisotopic (exact) mass is 331 g/mol. The van der Waals surface area contributed by atoms with Gasteiger partial charge in [0.2, 0.25) is 0 Å². The van der Waals surface area contributed by atoms with Gasteiger partial charge in [0.25, 0.3) is 0 Å². The van der Waals surface area contributed by atoms with E-state index in [4.69, 9.17) is 9.47 Å². The van der Waals surface area contributed by atoms with E-state index in [1.807, 2.05) is 51.1 Å². The van der Waals surface area contributed by atoms with Gasteiger partial charge in [-0.1, -0.05) is 18.2 Å². The molecule has 3 nitrogen and oxygen atoms in total. The minimum Gasteiger partial charge on any atom is -0.490 e. The Labute approximate surface area is 143 Å². The summed E-state index contributed by atoms with van der Waals surface area (Å²) in [4.78, 5) is 0. The number of hydrogen-bond acceptors (Lipinski definition) is 3. The lowest BCUT2D eigenvalue weighted by Crippen LogP contribution is -2.17. The Balaban J connectivity index is 1.87. The number of nitrogens with one attached hydrogen (secondary N) is 1. The standard InChI is InChI=1S/C20H26FNO2/c1-4-23-20-13-17(7-10-19(20)24-15(2)3)14-22-12-11-16-5-8-18(21)9-6-16/h5-10,13,15,22H,4,11-12,14H2,1-3H3. The van der Waals surface area contributed by atoms with Crippen LogP contribution in [-0.2, 0) is 13.0 Å². The van der Waals surface area contributed by atoms with Crippen LogP contribution in [0.1, 0.15) is 31.9 Å². The Morgan fingerprint density at radius 1 is 1.00 bits per heavy atom. The molecule has 0 aliphatic heterocycles. The first-order valence-corrected chi connectivity index (χ1v) is 8.46. The van der Waals surface area contributed by atoms with E-state index in [0.717, 1.165) is 42.1 Å². The second kappa shape index (κ2) is 9.28. The van der Waals surface area contributed by atoms with Crippen molar-refractivity contribution >= 4 is 0 Å². The molecule has 1 N–H and O–H groups in total. The average molecular weight is 331 g/mol. The summed E-state index contributed by atoms with van der Waals surface area (Å²) in [5, 5.41) is 3.40. The summed E-state index contributed by atoms with van der Waals surface area (Å²) in [5.74, 6) is 1.37. The number of benzene rings is 2. The minimum atomic E-state index is -0.195. The molecule has 130 valence electrons. The van der Waals surface area contributed by atoms with Crippen molar-refractivity contribution in [1.82, 2.24) is 5.32 Å². The lowest BCUT2D eigenvalue weighted by molar-refractivity contribution is 0.223. The molecule has 0 spiro atoms. The molecule has 0 saturated carbocycles. The Bertz CT molecular complexity index is 626. The highest BCUT2D eigenvalue weighted by molar-refractivity contribution is 5.43. The minimum absolute atomic E-state index is 0.115. The second-order valence-electron chi connectivity index (χ2n) is 5.93. The third-order valence-electron chi connectivity index (χ3n) is 3.50. The van der Waals surface area contributed by atoms with Crippen molar-refractivity contribution in [2.45, 2.75) is 39.8 Å². The largest absolute Gasteiger partial charge is 0.490 e. The fourth-order valence-corrected chi connectivity index (χ4v) is 2.40. The first kappa shape index (κ1) is 18.3. The molecular formula is C20H26FNO2. The topological polar surface area (TPSA) is 30.5 Å². The van der Waals surface area contributed by atoms with Crippen LogP contribution in [0.5, 0.6) is 11.5 Å². The van der Waals surface area contributed by atoms with E-state index in [2.05, 4.69) is 5.32 Å². The number of hydrogen-bond donors (Lipinski definition) is 1. The summed E-state index contributed by atoms with van der Waals surface area (Å²) >= 11 is 0. The summed E-state index contributed by atoms with van der Waals surface area (Å²) < 4.78 is 24.3. The molecule has 0 aliphatic carbocycles. The van der Waals surface area contributed by atoms with Crippen molar-refractivity contribution in [1.29, 1.82) is 0 Å². The van der Waals surface area contributed by atoms with Gasteiger partial charge in [0.05, 0.1) is 12.7 Å². The molecule has 0 fully saturated rings. The quantitative estimate of drug-likeness (QED) is 0.693. The van der Waals surface area contributed by atoms with E-state index in [0.29, 0.717) is 6.61 Å². The van der Waals surface area contributed by atoms with Crippen molar-refractivity contribution in [2.24, 2.45) is 0 Å². The van der Waals surface area contributed by atoms with Gasteiger partial charge < -0.3 is 14.8 Å². The second-order valence-corrected chi connectivity index (χ2v) is 5.93. The maximum absolute atomic E-state index is 12.9. The molecule has 0 aromatic heterocycles. The molecule has 24 heavy (non-hydrogen) atoms. The number of halogens is 1. The van der Waals surface area contributed by atoms with E-state index in [1.165, 1.54) is 12.1 Å². The van der Waals surface area contributed by atoms with E-state index < -0.39 is 0 Å². The maximum Gasteiger partial charge on any atom is 0.161 e. The molecule has 0 atom stereocenters. The van der Waals surface area contributed by atoms with Gasteiger partial charge in [-0.25, -0.2) is 4.39 Å². The maximum atomic E-state index is 12.9. The fourth-order valence-electron chi connectivity index (χ4n) is 2.40. The first-order chi connectivity index (χ1) is 11.6. The zero-order valence-electron chi connectivity index (χ0n) is 14.6. The molecular weight excluding hydrogens is 305 g/mol. The average Bonchev–Trinajstić information content (AvgIpc) is 2.55. The molecule has 4 heteroatoms. The van der Waals surface area contributed by atoms with Crippen LogP contribution in [0.2, 0.25) is 0 Å². The molecule has 0 unspecified atom stereocenters. The van der Waals surface area contributed by atoms with Crippen molar-refractivity contribution in [3.63, 3.8) is 0 Å². The summed E-state index contributed by atoms with van der Waals surface area (Å²) in [6.07, 6.45) is 0.983. The van der Waals surface area contributed by atoms with Crippen molar-refractivity contribution in [3.8, 4) is 11.5 Å². The van der Waals surface area contributed by atoms with Gasteiger partial charge in [-0.2, -0.15) is 0 Å². The number of ether oxygens (including phenoxy) is 2. The summed E-state index contributed by atoms with van der Waals surface area (Å²) in [7, 11) is 0. The van der Waals surface area contributed by atoms with E-state index in [9.17, 15) is 4.39 Å². The van der Waals surface area contributed by atoms with E-state index in [-0.39, 0.29) is 11.9 Å². The van der Waals surface area contributed by atoms with Gasteiger partial charge >= 0.3 is 0 Å². The van der Waals surface area contributed by atoms with Crippen LogP contribution in [0.4, 0.5) is 4.39 Å². The van der Waals surface area contributed by atoms with Gasteiger partial charge in [0, 0.05) is 6.54 Å². The number of rotatable bonds is 9. The smallest absolute Gasteiger partial charge is 0.161 e. The van der Waals surface area contributed by atoms with Gasteiger partial charge in [0.1, 0.15) is 5.82 Å². The van der Waals surface area contributed by atoms with Crippen molar-refractivity contribution in [2.75, 3.05) is 13.2 Å². The van der Waals surface area contributed by atoms with Gasteiger partial charge in [-0.15, -0.1) is 0 Å². The Kier molecular flexibility index (Phi) is 7.07. The Hall–Kier alpha value is -2.07. The molecule has 0 saturated heterocycles. The van der Waals surface area contributed by atoms with Crippen LogP contribution in [-0.4, -0.2) is 19.3 Å². The predicted molar refractivity (Wildman–Crippen MR) is 95.2 cm³/mol. The van der Waals surface area contributed by atoms with Crippen LogP contribution in [0, 0.1) is 5.82 Å². The SMILES string of the molecule is CCOc1cc(CNCCc2ccc(F)cc2)ccc1OC(C)C. The van der Waals surface area contributed by atoms with Crippen molar-refractivity contribution < 1.29 is 13.9 Å². The van der Waals surface area contributed by atoms with E-state index in [1.54, 1.807) is 0 Å². The Morgan fingerprint density at radius 2 is 1.71 bits per heavy atom. The summed E-state index contributed by atoms with van der Waals surface area (Å²) in [5.41, 5.74) is 2.27. The van der Waals surface area contributed by atoms with Crippen LogP contribution in [0.15, 0.2) is 42.5 Å². The summed E-state index contributed by atoms with van der Waals surface area (Å²) in [6.45, 7) is 8.16. The van der Waals surface area contributed by atoms with Crippen LogP contribution in [0.3, 0.4) is 0 Å². The lowest BCUT2D eigenvalue weighted by atomic mass is 10.1. The Morgan fingerprint density at radius 3 is 2.38 bits per heavy atom. The fraction of sp³-hybridized carbons (Fsp3) is 0.400. The van der Waals surface area contributed by atoms with Gasteiger partial charge in [-0.3, -0.25) is 0 Å². The van der Waals surface area contributed by atoms with Crippen molar-refractivity contribution in [3.05, 3.63) is 59.4 Å². The van der Waals surface area contributed by atoms with E-state index >= 15 is 0 Å². The highest BCUT2D eigenvalue weighted by atomic mass is 19.1. The van der Waals surface area contributed by atoms with Crippen LogP contribution >= 0.6 is 0 Å². The van der Waals surface area contributed by atoms with Gasteiger partial charge in [0.15, 0.2) is 11.5 Å². The molecule has 0 bridgehead atoms. The molecule has 2 aromatic carbocycles. The molecule has 0 aliphatic rings. The highest BCUT2D eigenvalue weighted by Gasteiger charge is 2.08. The molecule has 2 aromatic rings. The molecule has 0 amide bonds. The molecule has 2 rings (SSSR count). The van der Waals surface area contributed by atoms with Crippen LogP contribution in [0.25, 0.3) is 0 Å². The van der Waals surface area contributed by atoms with Crippen LogP contribution < -0.4 is 14.8 Å². The molecule has 0 heterocycles. The highest BCUT2D eigenvalue weighted by Crippen LogP contribution is 2.29. The third-order valence-corrected chi connectivity index (χ3v) is 3.50.